The van der Waals surface area contributed by atoms with Crippen LogP contribution in [0.2, 0.25) is 5.02 Å². The third-order valence-corrected chi connectivity index (χ3v) is 5.01. The smallest absolute Gasteiger partial charge is 0.243 e. The first kappa shape index (κ1) is 16.3. The fraction of sp³-hybridized carbons (Fsp3) is 0.250. The molecule has 21 heavy (non-hydrogen) atoms. The number of halogens is 2. The molecule has 0 spiro atoms. The van der Waals surface area contributed by atoms with Gasteiger partial charge in [-0.25, -0.2) is 22.5 Å². The van der Waals surface area contributed by atoms with Gasteiger partial charge in [-0.15, -0.1) is 11.3 Å². The quantitative estimate of drug-likeness (QED) is 0.834. The molecule has 2 N–H and O–H groups in total. The van der Waals surface area contributed by atoms with E-state index >= 15 is 0 Å². The van der Waals surface area contributed by atoms with Gasteiger partial charge in [0.15, 0.2) is 0 Å². The van der Waals surface area contributed by atoms with Crippen LogP contribution in [-0.4, -0.2) is 25.1 Å². The van der Waals surface area contributed by atoms with Crippen LogP contribution >= 0.6 is 22.9 Å². The molecular formula is C12H12ClFN2O3S2. The zero-order valence-electron chi connectivity index (χ0n) is 10.7. The minimum absolute atomic E-state index is 0.0420. The Kier molecular flexibility index (Phi) is 5.28. The number of thiazole rings is 1. The molecule has 0 radical (unpaired) electrons. The number of nitrogens with one attached hydrogen (secondary N) is 1. The summed E-state index contributed by atoms with van der Waals surface area (Å²) in [6, 6.07) is 2.20. The summed E-state index contributed by atoms with van der Waals surface area (Å²) in [5.74, 6) is -0.997. The lowest BCUT2D eigenvalue weighted by molar-refractivity contribution is 0.274. The number of hydrogen-bond acceptors (Lipinski definition) is 5. The number of rotatable bonds is 6. The van der Waals surface area contributed by atoms with Crippen molar-refractivity contribution in [3.8, 4) is 0 Å². The molecule has 0 atom stereocenters. The SMILES string of the molecule is O=S(=O)(NCCc1cscn1)c1cc(Cl)cc(CO)c1F. The first-order chi connectivity index (χ1) is 9.94. The number of sulfonamides is 1. The first-order valence-corrected chi connectivity index (χ1v) is 8.70. The molecular weight excluding hydrogens is 339 g/mol. The van der Waals surface area contributed by atoms with E-state index in [1.165, 1.54) is 17.4 Å². The number of aliphatic hydroxyl groups is 1. The van der Waals surface area contributed by atoms with Crippen LogP contribution in [0.3, 0.4) is 0 Å². The van der Waals surface area contributed by atoms with Gasteiger partial charge in [0.05, 0.1) is 17.8 Å². The Labute approximate surface area is 130 Å². The van der Waals surface area contributed by atoms with Crippen molar-refractivity contribution in [2.24, 2.45) is 0 Å². The summed E-state index contributed by atoms with van der Waals surface area (Å²) in [4.78, 5) is 3.45. The molecule has 114 valence electrons. The van der Waals surface area contributed by atoms with E-state index in [4.69, 9.17) is 16.7 Å². The summed E-state index contributed by atoms with van der Waals surface area (Å²) in [5, 5.41) is 10.9. The fourth-order valence-electron chi connectivity index (χ4n) is 1.68. The van der Waals surface area contributed by atoms with Crippen molar-refractivity contribution in [3.05, 3.63) is 45.1 Å². The highest BCUT2D eigenvalue weighted by Gasteiger charge is 2.22. The predicted molar refractivity (Wildman–Crippen MR) is 78.3 cm³/mol. The molecule has 0 saturated heterocycles. The van der Waals surface area contributed by atoms with Crippen LogP contribution in [-0.2, 0) is 23.1 Å². The molecule has 0 aliphatic carbocycles. The van der Waals surface area contributed by atoms with Crippen molar-refractivity contribution >= 4 is 33.0 Å². The molecule has 1 heterocycles. The molecule has 1 aromatic heterocycles. The van der Waals surface area contributed by atoms with Gasteiger partial charge in [-0.05, 0) is 12.1 Å². The highest BCUT2D eigenvalue weighted by atomic mass is 35.5. The molecule has 0 unspecified atom stereocenters. The minimum Gasteiger partial charge on any atom is -0.392 e. The summed E-state index contributed by atoms with van der Waals surface area (Å²) in [5.41, 5.74) is 2.24. The summed E-state index contributed by atoms with van der Waals surface area (Å²) >= 11 is 7.15. The Morgan fingerprint density at radius 2 is 2.19 bits per heavy atom. The molecule has 0 fully saturated rings. The van der Waals surface area contributed by atoms with Crippen molar-refractivity contribution in [3.63, 3.8) is 0 Å². The number of aromatic nitrogens is 1. The maximum absolute atomic E-state index is 14.0. The number of nitrogens with zero attached hydrogens (tertiary/aromatic N) is 1. The topological polar surface area (TPSA) is 79.3 Å². The van der Waals surface area contributed by atoms with Gasteiger partial charge >= 0.3 is 0 Å². The zero-order chi connectivity index (χ0) is 15.5. The second kappa shape index (κ2) is 6.80. The van der Waals surface area contributed by atoms with Crippen LogP contribution in [0, 0.1) is 5.82 Å². The fourth-order valence-corrected chi connectivity index (χ4v) is 3.75. The van der Waals surface area contributed by atoms with Crippen molar-refractivity contribution in [1.29, 1.82) is 0 Å². The van der Waals surface area contributed by atoms with Gasteiger partial charge in [0.2, 0.25) is 10.0 Å². The molecule has 0 amide bonds. The van der Waals surface area contributed by atoms with E-state index in [1.54, 1.807) is 10.9 Å². The second-order valence-corrected chi connectivity index (χ2v) is 7.05. The standard InChI is InChI=1S/C12H12ClFN2O3S2/c13-9-3-8(5-17)12(14)11(4-9)21(18,19)16-2-1-10-6-20-7-15-10/h3-4,6-7,16-17H,1-2,5H2. The first-order valence-electron chi connectivity index (χ1n) is 5.89. The summed E-state index contributed by atoms with van der Waals surface area (Å²) in [7, 11) is -4.04. The van der Waals surface area contributed by atoms with Crippen molar-refractivity contribution < 1.29 is 17.9 Å². The number of aliphatic hydroxyl groups excluding tert-OH is 1. The van der Waals surface area contributed by atoms with Gasteiger partial charge in [0.1, 0.15) is 10.7 Å². The maximum atomic E-state index is 14.0. The summed E-state index contributed by atoms with van der Waals surface area (Å²) < 4.78 is 40.5. The van der Waals surface area contributed by atoms with Crippen LogP contribution < -0.4 is 4.72 Å². The Bertz CT molecular complexity index is 720. The lowest BCUT2D eigenvalue weighted by Crippen LogP contribution is -2.27. The zero-order valence-corrected chi connectivity index (χ0v) is 13.1. The Morgan fingerprint density at radius 1 is 1.43 bits per heavy atom. The second-order valence-electron chi connectivity index (χ2n) is 4.16. The average molecular weight is 351 g/mol. The highest BCUT2D eigenvalue weighted by molar-refractivity contribution is 7.89. The lowest BCUT2D eigenvalue weighted by Gasteiger charge is -2.10. The van der Waals surface area contributed by atoms with Crippen molar-refractivity contribution in [1.82, 2.24) is 9.71 Å². The third kappa shape index (κ3) is 3.98. The molecule has 0 aliphatic heterocycles. The predicted octanol–water partition coefficient (Wildman–Crippen LogP) is 1.95. The van der Waals surface area contributed by atoms with Gasteiger partial charge in [0.25, 0.3) is 0 Å². The van der Waals surface area contributed by atoms with Gasteiger partial charge < -0.3 is 5.11 Å². The van der Waals surface area contributed by atoms with Crippen molar-refractivity contribution in [2.75, 3.05) is 6.54 Å². The number of hydrogen-bond donors (Lipinski definition) is 2. The van der Waals surface area contributed by atoms with Crippen LogP contribution in [0.5, 0.6) is 0 Å². The monoisotopic (exact) mass is 350 g/mol. The molecule has 0 bridgehead atoms. The lowest BCUT2D eigenvalue weighted by atomic mass is 10.2. The van der Waals surface area contributed by atoms with E-state index in [9.17, 15) is 12.8 Å². The maximum Gasteiger partial charge on any atom is 0.243 e. The number of benzene rings is 1. The molecule has 5 nitrogen and oxygen atoms in total. The van der Waals surface area contributed by atoms with Gasteiger partial charge in [0, 0.05) is 28.9 Å². The average Bonchev–Trinajstić information content (AvgIpc) is 2.93. The molecule has 2 aromatic rings. The van der Waals surface area contributed by atoms with Gasteiger partial charge in [-0.1, -0.05) is 11.6 Å². The molecule has 0 aliphatic rings. The van der Waals surface area contributed by atoms with Gasteiger partial charge in [-0.2, -0.15) is 0 Å². The van der Waals surface area contributed by atoms with E-state index in [2.05, 4.69) is 9.71 Å². The summed E-state index contributed by atoms with van der Waals surface area (Å²) in [6.07, 6.45) is 0.401. The highest BCUT2D eigenvalue weighted by Crippen LogP contribution is 2.23. The van der Waals surface area contributed by atoms with Crippen LogP contribution in [0.25, 0.3) is 0 Å². The largest absolute Gasteiger partial charge is 0.392 e. The summed E-state index contributed by atoms with van der Waals surface area (Å²) in [6.45, 7) is -0.541. The molecule has 2 rings (SSSR count). The molecule has 9 heteroatoms. The van der Waals surface area contributed by atoms with E-state index in [1.807, 2.05) is 0 Å². The third-order valence-electron chi connectivity index (χ3n) is 2.70. The van der Waals surface area contributed by atoms with E-state index in [-0.39, 0.29) is 17.1 Å². The van der Waals surface area contributed by atoms with Gasteiger partial charge in [-0.3, -0.25) is 0 Å². The Morgan fingerprint density at radius 3 is 2.81 bits per heavy atom. The van der Waals surface area contributed by atoms with Crippen LogP contribution in [0.4, 0.5) is 4.39 Å². The Hall–Kier alpha value is -1.06. The molecule has 0 saturated carbocycles. The van der Waals surface area contributed by atoms with E-state index in [0.29, 0.717) is 6.42 Å². The minimum atomic E-state index is -4.04. The van der Waals surface area contributed by atoms with E-state index < -0.39 is 27.3 Å². The van der Waals surface area contributed by atoms with Crippen LogP contribution in [0.15, 0.2) is 27.9 Å². The normalized spacial score (nSPS) is 11.8. The van der Waals surface area contributed by atoms with Crippen LogP contribution in [0.1, 0.15) is 11.3 Å². The molecule has 1 aromatic carbocycles. The van der Waals surface area contributed by atoms with E-state index in [0.717, 1.165) is 11.8 Å². The van der Waals surface area contributed by atoms with Crippen molar-refractivity contribution in [2.45, 2.75) is 17.9 Å². The Balaban J connectivity index is 2.17.